The fourth-order valence-electron chi connectivity index (χ4n) is 3.76. The molecule has 1 fully saturated rings. The van der Waals surface area contributed by atoms with E-state index in [0.717, 1.165) is 25.1 Å². The number of oxazole rings is 1. The van der Waals surface area contributed by atoms with Crippen LogP contribution in [0.15, 0.2) is 29.0 Å². The third kappa shape index (κ3) is 5.30. The van der Waals surface area contributed by atoms with E-state index in [9.17, 15) is 9.59 Å². The molecule has 0 aliphatic carbocycles. The Hall–Kier alpha value is -2.61. The Morgan fingerprint density at radius 3 is 2.70 bits per heavy atom. The van der Waals surface area contributed by atoms with E-state index in [1.165, 1.54) is 6.26 Å². The minimum absolute atomic E-state index is 0.112. The number of carbonyl (C=O) groups excluding carboxylic acids is 2. The number of hydrogen-bond acceptors (Lipinski definition) is 5. The Kier molecular flexibility index (Phi) is 7.68. The van der Waals surface area contributed by atoms with Crippen LogP contribution in [0.3, 0.4) is 0 Å². The van der Waals surface area contributed by atoms with Gasteiger partial charge in [-0.15, -0.1) is 0 Å². The maximum absolute atomic E-state index is 12.5. The monoisotopic (exact) mass is 416 g/mol. The van der Waals surface area contributed by atoms with Gasteiger partial charge in [-0.05, 0) is 38.8 Å². The molecule has 164 valence electrons. The van der Waals surface area contributed by atoms with Crippen LogP contribution in [0.1, 0.15) is 62.1 Å². The molecule has 0 spiro atoms. The lowest BCUT2D eigenvalue weighted by Gasteiger charge is -2.25. The van der Waals surface area contributed by atoms with E-state index in [-0.39, 0.29) is 17.9 Å². The van der Waals surface area contributed by atoms with Crippen LogP contribution in [0.25, 0.3) is 0 Å². The standard InChI is InChI=1S/C22H32N4O4/c1-4-21(27)26(14-18-10-8-12-29-18)13-17-9-7-11-25(17)15-20-23-19(16-30-20)22(28)24(5-2)6-3/h7,9,11,16,18H,4-6,8,10,12-15H2,1-3H3/t18-/m1/s1. The fraction of sp³-hybridized carbons (Fsp3) is 0.591. The number of aromatic nitrogens is 2. The van der Waals surface area contributed by atoms with Gasteiger partial charge in [0.05, 0.1) is 19.2 Å². The van der Waals surface area contributed by atoms with Crippen LogP contribution in [0.5, 0.6) is 0 Å². The largest absolute Gasteiger partial charge is 0.446 e. The molecular formula is C22H32N4O4. The zero-order valence-electron chi connectivity index (χ0n) is 18.2. The van der Waals surface area contributed by atoms with Crippen molar-refractivity contribution in [2.75, 3.05) is 26.2 Å². The first-order chi connectivity index (χ1) is 14.5. The van der Waals surface area contributed by atoms with Crippen LogP contribution in [0.4, 0.5) is 0 Å². The SMILES string of the molecule is CCC(=O)N(Cc1cccn1Cc1nc(C(=O)N(CC)CC)co1)C[C@H]1CCCO1. The minimum atomic E-state index is -0.126. The van der Waals surface area contributed by atoms with Crippen LogP contribution >= 0.6 is 0 Å². The minimum Gasteiger partial charge on any atom is -0.446 e. The molecule has 3 rings (SSSR count). The zero-order valence-corrected chi connectivity index (χ0v) is 18.2. The van der Waals surface area contributed by atoms with E-state index in [4.69, 9.17) is 9.15 Å². The van der Waals surface area contributed by atoms with Gasteiger partial charge in [-0.1, -0.05) is 6.92 Å². The molecule has 1 aliphatic heterocycles. The summed E-state index contributed by atoms with van der Waals surface area (Å²) in [7, 11) is 0. The van der Waals surface area contributed by atoms with Crippen LogP contribution in [-0.4, -0.2) is 63.5 Å². The molecule has 0 unspecified atom stereocenters. The van der Waals surface area contributed by atoms with Crippen molar-refractivity contribution in [3.63, 3.8) is 0 Å². The molecule has 0 bridgehead atoms. The lowest BCUT2D eigenvalue weighted by atomic mass is 10.2. The molecular weight excluding hydrogens is 384 g/mol. The summed E-state index contributed by atoms with van der Waals surface area (Å²) in [6, 6.07) is 3.94. The molecule has 8 heteroatoms. The lowest BCUT2D eigenvalue weighted by molar-refractivity contribution is -0.133. The quantitative estimate of drug-likeness (QED) is 0.595. The van der Waals surface area contributed by atoms with Gasteiger partial charge < -0.3 is 23.5 Å². The second kappa shape index (κ2) is 10.4. The number of ether oxygens (including phenoxy) is 1. The Balaban J connectivity index is 1.68. The first-order valence-electron chi connectivity index (χ1n) is 10.8. The summed E-state index contributed by atoms with van der Waals surface area (Å²) in [6.45, 7) is 9.31. The van der Waals surface area contributed by atoms with E-state index in [2.05, 4.69) is 4.98 Å². The lowest BCUT2D eigenvalue weighted by Crippen LogP contribution is -2.37. The molecule has 0 saturated carbocycles. The van der Waals surface area contributed by atoms with E-state index >= 15 is 0 Å². The van der Waals surface area contributed by atoms with Crippen molar-refractivity contribution in [3.05, 3.63) is 41.9 Å². The second-order valence-corrected chi connectivity index (χ2v) is 7.49. The molecule has 1 saturated heterocycles. The number of amides is 2. The molecule has 1 atom stereocenters. The van der Waals surface area contributed by atoms with Gasteiger partial charge in [0.25, 0.3) is 5.91 Å². The number of nitrogens with zero attached hydrogens (tertiary/aromatic N) is 4. The highest BCUT2D eigenvalue weighted by Gasteiger charge is 2.23. The third-order valence-electron chi connectivity index (χ3n) is 5.51. The average Bonchev–Trinajstić information content (AvgIpc) is 3.51. The molecule has 30 heavy (non-hydrogen) atoms. The number of carbonyl (C=O) groups is 2. The molecule has 3 heterocycles. The van der Waals surface area contributed by atoms with Gasteiger partial charge in [-0.3, -0.25) is 9.59 Å². The molecule has 2 aromatic heterocycles. The molecule has 2 amide bonds. The van der Waals surface area contributed by atoms with Crippen molar-refractivity contribution in [1.29, 1.82) is 0 Å². The molecule has 0 radical (unpaired) electrons. The van der Waals surface area contributed by atoms with Gasteiger partial charge in [-0.25, -0.2) is 4.98 Å². The van der Waals surface area contributed by atoms with Crippen LogP contribution in [0, 0.1) is 0 Å². The van der Waals surface area contributed by atoms with Crippen molar-refractivity contribution in [1.82, 2.24) is 19.4 Å². The van der Waals surface area contributed by atoms with E-state index in [1.807, 2.05) is 48.6 Å². The van der Waals surface area contributed by atoms with Crippen molar-refractivity contribution < 1.29 is 18.7 Å². The summed E-state index contributed by atoms with van der Waals surface area (Å²) in [5, 5.41) is 0. The summed E-state index contributed by atoms with van der Waals surface area (Å²) in [5.41, 5.74) is 1.31. The summed E-state index contributed by atoms with van der Waals surface area (Å²) >= 11 is 0. The highest BCUT2D eigenvalue weighted by molar-refractivity contribution is 5.91. The average molecular weight is 417 g/mol. The van der Waals surface area contributed by atoms with Gasteiger partial charge in [0.2, 0.25) is 11.8 Å². The second-order valence-electron chi connectivity index (χ2n) is 7.49. The van der Waals surface area contributed by atoms with Gasteiger partial charge in [0.1, 0.15) is 6.26 Å². The van der Waals surface area contributed by atoms with Crippen LogP contribution < -0.4 is 0 Å². The summed E-state index contributed by atoms with van der Waals surface area (Å²) in [6.07, 6.45) is 5.98. The van der Waals surface area contributed by atoms with Gasteiger partial charge in [-0.2, -0.15) is 0 Å². The molecule has 0 N–H and O–H groups in total. The molecule has 1 aliphatic rings. The fourth-order valence-corrected chi connectivity index (χ4v) is 3.76. The summed E-state index contributed by atoms with van der Waals surface area (Å²) < 4.78 is 13.3. The van der Waals surface area contributed by atoms with Crippen molar-refractivity contribution in [3.8, 4) is 0 Å². The normalized spacial score (nSPS) is 16.0. The molecule has 8 nitrogen and oxygen atoms in total. The zero-order chi connectivity index (χ0) is 21.5. The summed E-state index contributed by atoms with van der Waals surface area (Å²) in [5.74, 6) is 0.455. The maximum Gasteiger partial charge on any atom is 0.275 e. The van der Waals surface area contributed by atoms with E-state index in [0.29, 0.717) is 50.7 Å². The number of hydrogen-bond donors (Lipinski definition) is 0. The predicted molar refractivity (Wildman–Crippen MR) is 112 cm³/mol. The van der Waals surface area contributed by atoms with Crippen LogP contribution in [-0.2, 0) is 22.6 Å². The number of rotatable bonds is 10. The topological polar surface area (TPSA) is 80.8 Å². The first kappa shape index (κ1) is 22.1. The van der Waals surface area contributed by atoms with Gasteiger partial charge in [0, 0.05) is 44.6 Å². The Morgan fingerprint density at radius 1 is 1.23 bits per heavy atom. The van der Waals surface area contributed by atoms with E-state index in [1.54, 1.807) is 4.90 Å². The Morgan fingerprint density at radius 2 is 2.03 bits per heavy atom. The highest BCUT2D eigenvalue weighted by atomic mass is 16.5. The molecule has 0 aromatic carbocycles. The van der Waals surface area contributed by atoms with Gasteiger partial charge >= 0.3 is 0 Å². The highest BCUT2D eigenvalue weighted by Crippen LogP contribution is 2.17. The van der Waals surface area contributed by atoms with Crippen molar-refractivity contribution in [2.24, 2.45) is 0 Å². The Labute approximate surface area is 177 Å². The molecule has 2 aromatic rings. The third-order valence-corrected chi connectivity index (χ3v) is 5.51. The first-order valence-corrected chi connectivity index (χ1v) is 10.8. The predicted octanol–water partition coefficient (Wildman–Crippen LogP) is 2.92. The Bertz CT molecular complexity index is 834. The van der Waals surface area contributed by atoms with E-state index < -0.39 is 0 Å². The van der Waals surface area contributed by atoms with Crippen LogP contribution in [0.2, 0.25) is 0 Å². The van der Waals surface area contributed by atoms with Crippen molar-refractivity contribution >= 4 is 11.8 Å². The smallest absolute Gasteiger partial charge is 0.275 e. The van der Waals surface area contributed by atoms with Gasteiger partial charge in [0.15, 0.2) is 5.69 Å². The maximum atomic E-state index is 12.5. The summed E-state index contributed by atoms with van der Waals surface area (Å²) in [4.78, 5) is 32.9. The van der Waals surface area contributed by atoms with Crippen molar-refractivity contribution in [2.45, 2.75) is 59.2 Å².